The minimum atomic E-state index is -0.714. The maximum absolute atomic E-state index is 12.8. The fourth-order valence-corrected chi connectivity index (χ4v) is 4.12. The Morgan fingerprint density at radius 1 is 1.10 bits per heavy atom. The van der Waals surface area contributed by atoms with E-state index in [1.165, 1.54) is 0 Å². The third-order valence-electron chi connectivity index (χ3n) is 5.75. The van der Waals surface area contributed by atoms with Gasteiger partial charge in [-0.3, -0.25) is 9.59 Å². The Hall–Kier alpha value is -3.41. The minimum absolute atomic E-state index is 0.0366. The molecule has 2 aromatic carbocycles. The first-order valence-corrected chi connectivity index (χ1v) is 10.1. The van der Waals surface area contributed by atoms with Crippen molar-refractivity contribution in [3.05, 3.63) is 78.1 Å². The molecule has 1 fully saturated rings. The molecular formula is C24H25N3O3. The molecule has 0 spiro atoms. The molecule has 0 bridgehead atoms. The number of hydrogen-bond acceptors (Lipinski definition) is 4. The SMILES string of the molecule is CNC(=O)[C@]1(Cc2cc(-c3ccccc3)no2)CCN(C(=O)Cc2ccccc2)C1. The molecule has 0 saturated carbocycles. The summed E-state index contributed by atoms with van der Waals surface area (Å²) in [6.45, 7) is 0.929. The van der Waals surface area contributed by atoms with Gasteiger partial charge in [0, 0.05) is 38.2 Å². The molecule has 6 nitrogen and oxygen atoms in total. The topological polar surface area (TPSA) is 75.4 Å². The van der Waals surface area contributed by atoms with Gasteiger partial charge in [0.05, 0.1) is 11.8 Å². The highest BCUT2D eigenvalue weighted by molar-refractivity contribution is 5.86. The van der Waals surface area contributed by atoms with Crippen LogP contribution in [-0.4, -0.2) is 42.0 Å². The van der Waals surface area contributed by atoms with Gasteiger partial charge in [-0.25, -0.2) is 0 Å². The summed E-state index contributed by atoms with van der Waals surface area (Å²) in [5.41, 5.74) is 1.97. The van der Waals surface area contributed by atoms with Crippen LogP contribution >= 0.6 is 0 Å². The number of carbonyl (C=O) groups excluding carboxylic acids is 2. The lowest BCUT2D eigenvalue weighted by atomic mass is 9.81. The standard InChI is InChI=1S/C24H25N3O3/c1-25-23(29)24(16-20-15-21(26-30-20)19-10-6-3-7-11-19)12-13-27(17-24)22(28)14-18-8-4-2-5-9-18/h2-11,15H,12-14,16-17H2,1H3,(H,25,29)/t24-/m0/s1. The number of aromatic nitrogens is 1. The van der Waals surface area contributed by atoms with E-state index in [1.54, 1.807) is 11.9 Å². The van der Waals surface area contributed by atoms with Crippen LogP contribution in [0, 0.1) is 5.41 Å². The number of amides is 2. The molecule has 0 unspecified atom stereocenters. The van der Waals surface area contributed by atoms with Crippen molar-refractivity contribution in [3.8, 4) is 11.3 Å². The van der Waals surface area contributed by atoms with Crippen molar-refractivity contribution in [2.75, 3.05) is 20.1 Å². The van der Waals surface area contributed by atoms with Crippen LogP contribution < -0.4 is 5.32 Å². The van der Waals surface area contributed by atoms with Gasteiger partial charge in [0.25, 0.3) is 0 Å². The van der Waals surface area contributed by atoms with Crippen molar-refractivity contribution in [3.63, 3.8) is 0 Å². The fraction of sp³-hybridized carbons (Fsp3) is 0.292. The van der Waals surface area contributed by atoms with E-state index >= 15 is 0 Å². The van der Waals surface area contributed by atoms with Gasteiger partial charge in [-0.05, 0) is 12.0 Å². The number of carbonyl (C=O) groups is 2. The third kappa shape index (κ3) is 4.13. The lowest BCUT2D eigenvalue weighted by molar-refractivity contribution is -0.132. The molecule has 0 radical (unpaired) electrons. The zero-order valence-electron chi connectivity index (χ0n) is 17.0. The highest BCUT2D eigenvalue weighted by Gasteiger charge is 2.46. The van der Waals surface area contributed by atoms with Crippen molar-refractivity contribution < 1.29 is 14.1 Å². The number of nitrogens with zero attached hydrogens (tertiary/aromatic N) is 2. The zero-order valence-corrected chi connectivity index (χ0v) is 17.0. The minimum Gasteiger partial charge on any atom is -0.361 e. The molecular weight excluding hydrogens is 378 g/mol. The van der Waals surface area contributed by atoms with Gasteiger partial charge >= 0.3 is 0 Å². The van der Waals surface area contributed by atoms with E-state index in [9.17, 15) is 9.59 Å². The first-order chi connectivity index (χ1) is 14.6. The predicted octanol–water partition coefficient (Wildman–Crippen LogP) is 3.09. The summed E-state index contributed by atoms with van der Waals surface area (Å²) >= 11 is 0. The number of likely N-dealkylation sites (tertiary alicyclic amines) is 1. The molecule has 1 N–H and O–H groups in total. The van der Waals surface area contributed by atoms with Gasteiger partial charge in [-0.15, -0.1) is 0 Å². The van der Waals surface area contributed by atoms with Gasteiger partial charge < -0.3 is 14.7 Å². The molecule has 1 saturated heterocycles. The number of nitrogens with one attached hydrogen (secondary N) is 1. The van der Waals surface area contributed by atoms with Gasteiger partial charge in [0.15, 0.2) is 0 Å². The van der Waals surface area contributed by atoms with Crippen LogP contribution in [-0.2, 0) is 22.4 Å². The zero-order chi connectivity index (χ0) is 21.0. The second-order valence-corrected chi connectivity index (χ2v) is 7.81. The summed E-state index contributed by atoms with van der Waals surface area (Å²) in [4.78, 5) is 27.4. The normalized spacial score (nSPS) is 18.4. The maximum atomic E-state index is 12.8. The van der Waals surface area contributed by atoms with E-state index in [0.717, 1.165) is 16.8 Å². The molecule has 2 amide bonds. The fourth-order valence-electron chi connectivity index (χ4n) is 4.12. The van der Waals surface area contributed by atoms with Crippen LogP contribution in [0.4, 0.5) is 0 Å². The monoisotopic (exact) mass is 403 g/mol. The van der Waals surface area contributed by atoms with E-state index < -0.39 is 5.41 Å². The Balaban J connectivity index is 1.50. The van der Waals surface area contributed by atoms with Crippen molar-refractivity contribution in [2.45, 2.75) is 19.3 Å². The summed E-state index contributed by atoms with van der Waals surface area (Å²) in [5.74, 6) is 0.611. The largest absolute Gasteiger partial charge is 0.361 e. The van der Waals surface area contributed by atoms with Gasteiger partial charge in [0.1, 0.15) is 11.5 Å². The molecule has 1 aromatic heterocycles. The number of hydrogen-bond donors (Lipinski definition) is 1. The molecule has 1 aliphatic heterocycles. The number of rotatable bonds is 6. The molecule has 30 heavy (non-hydrogen) atoms. The summed E-state index contributed by atoms with van der Waals surface area (Å²) in [7, 11) is 1.63. The van der Waals surface area contributed by atoms with Crippen LogP contribution in [0.25, 0.3) is 11.3 Å². The van der Waals surface area contributed by atoms with Crippen LogP contribution in [0.5, 0.6) is 0 Å². The van der Waals surface area contributed by atoms with Crippen LogP contribution in [0.1, 0.15) is 17.7 Å². The lowest BCUT2D eigenvalue weighted by Crippen LogP contribution is -2.44. The highest BCUT2D eigenvalue weighted by Crippen LogP contribution is 2.36. The van der Waals surface area contributed by atoms with Crippen molar-refractivity contribution in [1.29, 1.82) is 0 Å². The Morgan fingerprint density at radius 3 is 2.50 bits per heavy atom. The Bertz CT molecular complexity index is 1020. The molecule has 3 aromatic rings. The second kappa shape index (κ2) is 8.53. The Morgan fingerprint density at radius 2 is 1.80 bits per heavy atom. The van der Waals surface area contributed by atoms with E-state index in [1.807, 2.05) is 66.7 Å². The molecule has 2 heterocycles. The van der Waals surface area contributed by atoms with Gasteiger partial charge in [0.2, 0.25) is 11.8 Å². The van der Waals surface area contributed by atoms with E-state index in [4.69, 9.17) is 4.52 Å². The summed E-state index contributed by atoms with van der Waals surface area (Å²) in [6.07, 6.45) is 1.33. The quantitative estimate of drug-likeness (QED) is 0.686. The summed E-state index contributed by atoms with van der Waals surface area (Å²) < 4.78 is 5.56. The molecule has 1 atom stereocenters. The smallest absolute Gasteiger partial charge is 0.228 e. The highest BCUT2D eigenvalue weighted by atomic mass is 16.5. The lowest BCUT2D eigenvalue weighted by Gasteiger charge is -2.26. The van der Waals surface area contributed by atoms with Crippen molar-refractivity contribution in [1.82, 2.24) is 15.4 Å². The Kier molecular flexibility index (Phi) is 5.65. The molecule has 1 aliphatic rings. The van der Waals surface area contributed by atoms with Crippen LogP contribution in [0.15, 0.2) is 71.3 Å². The van der Waals surface area contributed by atoms with E-state index in [2.05, 4.69) is 10.5 Å². The third-order valence-corrected chi connectivity index (χ3v) is 5.75. The molecule has 4 rings (SSSR count). The first-order valence-electron chi connectivity index (χ1n) is 10.1. The average molecular weight is 403 g/mol. The number of benzene rings is 2. The first kappa shape index (κ1) is 19.9. The average Bonchev–Trinajstić information content (AvgIpc) is 3.43. The van der Waals surface area contributed by atoms with Gasteiger partial charge in [-0.1, -0.05) is 65.8 Å². The molecule has 154 valence electrons. The van der Waals surface area contributed by atoms with Crippen molar-refractivity contribution in [2.24, 2.45) is 5.41 Å². The molecule has 0 aliphatic carbocycles. The summed E-state index contributed by atoms with van der Waals surface area (Å²) in [5, 5.41) is 6.94. The van der Waals surface area contributed by atoms with Crippen LogP contribution in [0.3, 0.4) is 0 Å². The van der Waals surface area contributed by atoms with E-state index in [0.29, 0.717) is 38.1 Å². The predicted molar refractivity (Wildman–Crippen MR) is 113 cm³/mol. The second-order valence-electron chi connectivity index (χ2n) is 7.81. The van der Waals surface area contributed by atoms with E-state index in [-0.39, 0.29) is 11.8 Å². The van der Waals surface area contributed by atoms with Gasteiger partial charge in [-0.2, -0.15) is 0 Å². The van der Waals surface area contributed by atoms with Crippen molar-refractivity contribution >= 4 is 11.8 Å². The molecule has 6 heteroatoms. The maximum Gasteiger partial charge on any atom is 0.228 e. The Labute approximate surface area is 175 Å². The van der Waals surface area contributed by atoms with Crippen LogP contribution in [0.2, 0.25) is 0 Å². The summed E-state index contributed by atoms with van der Waals surface area (Å²) in [6, 6.07) is 21.3.